The molecule has 6 heteroatoms. The third-order valence-corrected chi connectivity index (χ3v) is 13.4. The van der Waals surface area contributed by atoms with E-state index in [1.165, 1.54) is 109 Å². The lowest BCUT2D eigenvalue weighted by Gasteiger charge is -2.18. The summed E-state index contributed by atoms with van der Waals surface area (Å²) in [6, 6.07) is 0. The number of carbonyl (C=O) groups excluding carboxylic acids is 3. The van der Waals surface area contributed by atoms with Crippen molar-refractivity contribution in [2.75, 3.05) is 13.2 Å². The molecule has 0 saturated carbocycles. The van der Waals surface area contributed by atoms with Gasteiger partial charge >= 0.3 is 17.9 Å². The molecule has 0 spiro atoms. The fourth-order valence-corrected chi connectivity index (χ4v) is 8.62. The highest BCUT2D eigenvalue weighted by atomic mass is 16.6. The van der Waals surface area contributed by atoms with Crippen molar-refractivity contribution in [2.45, 2.75) is 297 Å². The molecular weight excluding hydrogens is 949 g/mol. The van der Waals surface area contributed by atoms with Gasteiger partial charge in [0.15, 0.2) is 6.10 Å². The predicted octanol–water partition coefficient (Wildman–Crippen LogP) is 22.0. The standard InChI is InChI=1S/C71H118O6/c1-4-7-10-13-16-19-22-25-28-29-30-31-32-33-34-35-36-37-38-39-40-41-44-46-49-52-55-58-61-64-70(73)76-67-68(77-71(74)65-62-59-56-53-50-47-43-27-24-21-18-15-12-9-6-3)66-75-69(72)63-60-57-54-51-48-45-42-26-23-20-17-14-11-8-5-2/h7,10,16,18-19,21,25-28,30-31,33-34,36-37,39-40,42-43,68H,4-6,8-9,11-15,17,20,22-24,29,32,35,38,41,44-67H2,1-3H3/b10-7-,19-16-,21-18-,28-25-,31-30-,34-33-,37-36-,40-39-,42-26-,43-27-. The van der Waals surface area contributed by atoms with Crippen LogP contribution in [0.4, 0.5) is 0 Å². The van der Waals surface area contributed by atoms with Gasteiger partial charge in [-0.3, -0.25) is 14.4 Å². The number of hydrogen-bond donors (Lipinski definition) is 0. The second-order valence-corrected chi connectivity index (χ2v) is 20.9. The van der Waals surface area contributed by atoms with Crippen molar-refractivity contribution in [2.24, 2.45) is 0 Å². The molecule has 0 fully saturated rings. The van der Waals surface area contributed by atoms with Crippen molar-refractivity contribution in [3.05, 3.63) is 122 Å². The van der Waals surface area contributed by atoms with Gasteiger partial charge in [0.05, 0.1) is 0 Å². The number of unbranched alkanes of at least 4 members (excludes halogenated alkanes) is 26. The van der Waals surface area contributed by atoms with Gasteiger partial charge in [0.2, 0.25) is 0 Å². The topological polar surface area (TPSA) is 78.9 Å². The van der Waals surface area contributed by atoms with Crippen LogP contribution in [0.25, 0.3) is 0 Å². The summed E-state index contributed by atoms with van der Waals surface area (Å²) in [5.41, 5.74) is 0. The van der Waals surface area contributed by atoms with Gasteiger partial charge in [-0.15, -0.1) is 0 Å². The maximum absolute atomic E-state index is 12.9. The number of allylic oxidation sites excluding steroid dienone is 20. The molecule has 0 aromatic carbocycles. The fourth-order valence-electron chi connectivity index (χ4n) is 8.62. The molecule has 0 N–H and O–H groups in total. The van der Waals surface area contributed by atoms with Crippen molar-refractivity contribution >= 4 is 17.9 Å². The van der Waals surface area contributed by atoms with Crippen LogP contribution in [0.2, 0.25) is 0 Å². The van der Waals surface area contributed by atoms with Crippen molar-refractivity contribution in [1.29, 1.82) is 0 Å². The van der Waals surface area contributed by atoms with Gasteiger partial charge in [0.1, 0.15) is 13.2 Å². The summed E-state index contributed by atoms with van der Waals surface area (Å²) in [5.74, 6) is -0.922. The molecule has 438 valence electrons. The van der Waals surface area contributed by atoms with Crippen molar-refractivity contribution < 1.29 is 28.6 Å². The number of carbonyl (C=O) groups is 3. The van der Waals surface area contributed by atoms with E-state index in [9.17, 15) is 14.4 Å². The van der Waals surface area contributed by atoms with Crippen molar-refractivity contribution in [1.82, 2.24) is 0 Å². The van der Waals surface area contributed by atoms with Crippen molar-refractivity contribution in [3.63, 3.8) is 0 Å². The van der Waals surface area contributed by atoms with E-state index in [4.69, 9.17) is 14.2 Å². The van der Waals surface area contributed by atoms with Crippen molar-refractivity contribution in [3.8, 4) is 0 Å². The normalized spacial score (nSPS) is 12.9. The second-order valence-electron chi connectivity index (χ2n) is 20.9. The number of rotatable bonds is 57. The zero-order valence-electron chi connectivity index (χ0n) is 50.2. The largest absolute Gasteiger partial charge is 0.462 e. The maximum atomic E-state index is 12.9. The summed E-state index contributed by atoms with van der Waals surface area (Å²) < 4.78 is 16.9. The van der Waals surface area contributed by atoms with Gasteiger partial charge in [0, 0.05) is 19.3 Å². The molecule has 0 aromatic rings. The highest BCUT2D eigenvalue weighted by Gasteiger charge is 2.19. The number of ether oxygens (including phenoxy) is 3. The van der Waals surface area contributed by atoms with Crippen LogP contribution in [0, 0.1) is 0 Å². The average molecular weight is 1070 g/mol. The molecular formula is C71H118O6. The van der Waals surface area contributed by atoms with E-state index in [0.717, 1.165) is 141 Å². The van der Waals surface area contributed by atoms with Crippen LogP contribution in [0.3, 0.4) is 0 Å². The van der Waals surface area contributed by atoms with E-state index in [0.29, 0.717) is 19.3 Å². The summed E-state index contributed by atoms with van der Waals surface area (Å²) in [6.07, 6.45) is 89.1. The molecule has 0 aliphatic heterocycles. The molecule has 0 rings (SSSR count). The Morgan fingerprint density at radius 3 is 0.831 bits per heavy atom. The van der Waals surface area contributed by atoms with E-state index in [-0.39, 0.29) is 31.1 Å². The summed E-state index contributed by atoms with van der Waals surface area (Å²) in [7, 11) is 0. The predicted molar refractivity (Wildman–Crippen MR) is 334 cm³/mol. The van der Waals surface area contributed by atoms with Crippen LogP contribution >= 0.6 is 0 Å². The third-order valence-electron chi connectivity index (χ3n) is 13.4. The first-order valence-corrected chi connectivity index (χ1v) is 32.0. The SMILES string of the molecule is CC/C=C\C/C=C\C/C=C\C/C=C\C/C=C\C/C=C\C/C=C\CCCCCCCCCC(=O)OCC(COC(=O)CCCCCCC/C=C\CCCCCCCC)OC(=O)CCCCCCC/C=C\C/C=C\CCCCC. The maximum Gasteiger partial charge on any atom is 0.306 e. The average Bonchev–Trinajstić information content (AvgIpc) is 3.43. The Hall–Kier alpha value is -4.19. The molecule has 77 heavy (non-hydrogen) atoms. The highest BCUT2D eigenvalue weighted by Crippen LogP contribution is 2.15. The molecule has 0 saturated heterocycles. The lowest BCUT2D eigenvalue weighted by Crippen LogP contribution is -2.30. The first-order chi connectivity index (χ1) is 38.0. The Balaban J connectivity index is 4.36. The van der Waals surface area contributed by atoms with Gasteiger partial charge in [-0.05, 0) is 135 Å². The van der Waals surface area contributed by atoms with Crippen LogP contribution in [0.1, 0.15) is 290 Å². The zero-order chi connectivity index (χ0) is 55.7. The molecule has 0 amide bonds. The van der Waals surface area contributed by atoms with E-state index in [2.05, 4.69) is 142 Å². The Bertz CT molecular complexity index is 1600. The lowest BCUT2D eigenvalue weighted by molar-refractivity contribution is -0.167. The Kier molecular flexibility index (Phi) is 60.8. The molecule has 0 heterocycles. The molecule has 1 atom stereocenters. The molecule has 6 nitrogen and oxygen atoms in total. The summed E-state index contributed by atoms with van der Waals surface area (Å²) in [4.78, 5) is 38.3. The fraction of sp³-hybridized carbons (Fsp3) is 0.676. The third kappa shape index (κ3) is 62.5. The number of esters is 3. The Morgan fingerprint density at radius 1 is 0.273 bits per heavy atom. The van der Waals surface area contributed by atoms with E-state index >= 15 is 0 Å². The van der Waals surface area contributed by atoms with Gasteiger partial charge < -0.3 is 14.2 Å². The minimum absolute atomic E-state index is 0.0929. The zero-order valence-corrected chi connectivity index (χ0v) is 50.2. The molecule has 0 aliphatic carbocycles. The van der Waals surface area contributed by atoms with Crippen LogP contribution in [-0.2, 0) is 28.6 Å². The van der Waals surface area contributed by atoms with E-state index in [1.54, 1.807) is 0 Å². The minimum atomic E-state index is -0.797. The van der Waals surface area contributed by atoms with E-state index in [1.807, 2.05) is 0 Å². The van der Waals surface area contributed by atoms with Gasteiger partial charge in [0.25, 0.3) is 0 Å². The van der Waals surface area contributed by atoms with Gasteiger partial charge in [-0.25, -0.2) is 0 Å². The van der Waals surface area contributed by atoms with E-state index < -0.39 is 6.10 Å². The molecule has 0 aromatic heterocycles. The highest BCUT2D eigenvalue weighted by molar-refractivity contribution is 5.71. The monoisotopic (exact) mass is 1070 g/mol. The first-order valence-electron chi connectivity index (χ1n) is 32.0. The summed E-state index contributed by atoms with van der Waals surface area (Å²) in [5, 5.41) is 0. The number of hydrogen-bond acceptors (Lipinski definition) is 6. The quantitative estimate of drug-likeness (QED) is 0.0261. The molecule has 0 aliphatic rings. The molecule has 0 radical (unpaired) electrons. The van der Waals surface area contributed by atoms with Gasteiger partial charge in [-0.1, -0.05) is 258 Å². The Labute approximate surface area is 475 Å². The second kappa shape index (κ2) is 64.3. The molecule has 0 bridgehead atoms. The van der Waals surface area contributed by atoms with Crippen LogP contribution in [0.15, 0.2) is 122 Å². The Morgan fingerprint density at radius 2 is 0.506 bits per heavy atom. The first kappa shape index (κ1) is 72.8. The summed E-state index contributed by atoms with van der Waals surface area (Å²) >= 11 is 0. The van der Waals surface area contributed by atoms with Gasteiger partial charge in [-0.2, -0.15) is 0 Å². The van der Waals surface area contributed by atoms with Crippen LogP contribution < -0.4 is 0 Å². The molecule has 1 unspecified atom stereocenters. The lowest BCUT2D eigenvalue weighted by atomic mass is 10.1. The van der Waals surface area contributed by atoms with Crippen LogP contribution in [-0.4, -0.2) is 37.2 Å². The van der Waals surface area contributed by atoms with Crippen LogP contribution in [0.5, 0.6) is 0 Å². The smallest absolute Gasteiger partial charge is 0.306 e. The minimum Gasteiger partial charge on any atom is -0.462 e. The summed E-state index contributed by atoms with van der Waals surface area (Å²) in [6.45, 7) is 6.48.